The summed E-state index contributed by atoms with van der Waals surface area (Å²) in [5.41, 5.74) is 3.11. The minimum Gasteiger partial charge on any atom is -0.490 e. The van der Waals surface area contributed by atoms with Crippen LogP contribution in [0.15, 0.2) is 66.7 Å². The number of hydrogen-bond acceptors (Lipinski definition) is 3. The molecule has 140 valence electrons. The van der Waals surface area contributed by atoms with Crippen LogP contribution in [0.25, 0.3) is 0 Å². The normalized spacial score (nSPS) is 10.5. The SMILES string of the molecule is CCOc1cc(CNc2ccc(Cl)c(Cl)c2)ccc1OCc1ccccc1. The van der Waals surface area contributed by atoms with E-state index in [1.807, 2.05) is 67.6 Å². The van der Waals surface area contributed by atoms with Crippen molar-refractivity contribution in [2.45, 2.75) is 20.1 Å². The standard InChI is InChI=1S/C22H21Cl2NO2/c1-2-26-22-12-17(14-25-18-9-10-19(23)20(24)13-18)8-11-21(22)27-15-16-6-4-3-5-7-16/h3-13,25H,2,14-15H2,1H3. The fraction of sp³-hybridized carbons (Fsp3) is 0.182. The molecule has 0 bridgehead atoms. The smallest absolute Gasteiger partial charge is 0.161 e. The average Bonchev–Trinajstić information content (AvgIpc) is 2.69. The third-order valence-electron chi connectivity index (χ3n) is 3.96. The molecule has 1 N–H and O–H groups in total. The van der Waals surface area contributed by atoms with Crippen molar-refractivity contribution in [2.24, 2.45) is 0 Å². The van der Waals surface area contributed by atoms with Gasteiger partial charge in [-0.3, -0.25) is 0 Å². The van der Waals surface area contributed by atoms with Crippen LogP contribution in [0, 0.1) is 0 Å². The lowest BCUT2D eigenvalue weighted by molar-refractivity contribution is 0.269. The molecule has 3 aromatic rings. The van der Waals surface area contributed by atoms with Gasteiger partial charge in [0.2, 0.25) is 0 Å². The summed E-state index contributed by atoms with van der Waals surface area (Å²) < 4.78 is 11.7. The summed E-state index contributed by atoms with van der Waals surface area (Å²) in [4.78, 5) is 0. The second-order valence-corrected chi connectivity index (χ2v) is 6.79. The summed E-state index contributed by atoms with van der Waals surface area (Å²) in [6.07, 6.45) is 0. The molecule has 5 heteroatoms. The van der Waals surface area contributed by atoms with Crippen LogP contribution < -0.4 is 14.8 Å². The van der Waals surface area contributed by atoms with E-state index in [9.17, 15) is 0 Å². The highest BCUT2D eigenvalue weighted by Gasteiger charge is 2.08. The monoisotopic (exact) mass is 401 g/mol. The third-order valence-corrected chi connectivity index (χ3v) is 4.70. The summed E-state index contributed by atoms with van der Waals surface area (Å²) in [5.74, 6) is 1.47. The van der Waals surface area contributed by atoms with Gasteiger partial charge in [-0.05, 0) is 48.4 Å². The molecule has 0 unspecified atom stereocenters. The van der Waals surface area contributed by atoms with Gasteiger partial charge in [-0.15, -0.1) is 0 Å². The first kappa shape index (κ1) is 19.4. The maximum atomic E-state index is 6.06. The van der Waals surface area contributed by atoms with Gasteiger partial charge < -0.3 is 14.8 Å². The lowest BCUT2D eigenvalue weighted by Gasteiger charge is -2.14. The van der Waals surface area contributed by atoms with E-state index in [1.165, 1.54) is 0 Å². The van der Waals surface area contributed by atoms with Crippen molar-refractivity contribution in [3.63, 3.8) is 0 Å². The van der Waals surface area contributed by atoms with Crippen LogP contribution in [0.2, 0.25) is 10.0 Å². The fourth-order valence-electron chi connectivity index (χ4n) is 2.60. The van der Waals surface area contributed by atoms with Gasteiger partial charge in [-0.1, -0.05) is 59.6 Å². The highest BCUT2D eigenvalue weighted by molar-refractivity contribution is 6.42. The van der Waals surface area contributed by atoms with Crippen molar-refractivity contribution < 1.29 is 9.47 Å². The minimum absolute atomic E-state index is 0.502. The summed E-state index contributed by atoms with van der Waals surface area (Å²) >= 11 is 12.0. The first-order valence-electron chi connectivity index (χ1n) is 8.77. The predicted octanol–water partition coefficient (Wildman–Crippen LogP) is 6.58. The number of hydrogen-bond donors (Lipinski definition) is 1. The zero-order chi connectivity index (χ0) is 19.1. The van der Waals surface area contributed by atoms with Crippen LogP contribution in [0.5, 0.6) is 11.5 Å². The van der Waals surface area contributed by atoms with E-state index in [0.717, 1.165) is 28.3 Å². The Morgan fingerprint density at radius 1 is 0.778 bits per heavy atom. The van der Waals surface area contributed by atoms with Gasteiger partial charge in [-0.25, -0.2) is 0 Å². The van der Waals surface area contributed by atoms with Crippen molar-refractivity contribution in [2.75, 3.05) is 11.9 Å². The molecule has 0 heterocycles. The quantitative estimate of drug-likeness (QED) is 0.462. The van der Waals surface area contributed by atoms with E-state index in [4.69, 9.17) is 32.7 Å². The molecule has 0 atom stereocenters. The first-order valence-corrected chi connectivity index (χ1v) is 9.52. The van der Waals surface area contributed by atoms with Crippen LogP contribution in [-0.2, 0) is 13.2 Å². The van der Waals surface area contributed by atoms with Crippen LogP contribution in [-0.4, -0.2) is 6.61 Å². The zero-order valence-electron chi connectivity index (χ0n) is 15.0. The van der Waals surface area contributed by atoms with Gasteiger partial charge >= 0.3 is 0 Å². The maximum absolute atomic E-state index is 6.06. The van der Waals surface area contributed by atoms with Crippen LogP contribution in [0.1, 0.15) is 18.1 Å². The first-order chi connectivity index (χ1) is 13.2. The van der Waals surface area contributed by atoms with Crippen LogP contribution in [0.4, 0.5) is 5.69 Å². The third kappa shape index (κ3) is 5.56. The molecule has 0 aliphatic rings. The van der Waals surface area contributed by atoms with E-state index in [-0.39, 0.29) is 0 Å². The molecule has 0 fully saturated rings. The van der Waals surface area contributed by atoms with Crippen molar-refractivity contribution in [3.05, 3.63) is 87.9 Å². The van der Waals surface area contributed by atoms with Crippen molar-refractivity contribution in [1.29, 1.82) is 0 Å². The van der Waals surface area contributed by atoms with E-state index >= 15 is 0 Å². The Kier molecular flexibility index (Phi) is 6.86. The average molecular weight is 402 g/mol. The van der Waals surface area contributed by atoms with Crippen molar-refractivity contribution in [1.82, 2.24) is 0 Å². The lowest BCUT2D eigenvalue weighted by Crippen LogP contribution is -2.03. The number of rotatable bonds is 8. The summed E-state index contributed by atoms with van der Waals surface area (Å²) in [6, 6.07) is 21.5. The molecule has 3 rings (SSSR count). The molecule has 0 amide bonds. The van der Waals surface area contributed by atoms with E-state index in [2.05, 4.69) is 5.32 Å². The van der Waals surface area contributed by atoms with E-state index in [0.29, 0.717) is 29.8 Å². The number of anilines is 1. The second kappa shape index (κ2) is 9.54. The molecule has 0 aliphatic carbocycles. The topological polar surface area (TPSA) is 30.5 Å². The minimum atomic E-state index is 0.502. The van der Waals surface area contributed by atoms with Gasteiger partial charge in [0, 0.05) is 12.2 Å². The summed E-state index contributed by atoms with van der Waals surface area (Å²) in [7, 11) is 0. The van der Waals surface area contributed by atoms with E-state index in [1.54, 1.807) is 6.07 Å². The number of ether oxygens (including phenoxy) is 2. The number of benzene rings is 3. The number of halogens is 2. The largest absolute Gasteiger partial charge is 0.490 e. The molecule has 0 aliphatic heterocycles. The molecule has 3 nitrogen and oxygen atoms in total. The molecular weight excluding hydrogens is 381 g/mol. The van der Waals surface area contributed by atoms with Gasteiger partial charge in [0.15, 0.2) is 11.5 Å². The zero-order valence-corrected chi connectivity index (χ0v) is 16.6. The Labute approximate surface area is 169 Å². The molecule has 0 spiro atoms. The van der Waals surface area contributed by atoms with Gasteiger partial charge in [0.25, 0.3) is 0 Å². The van der Waals surface area contributed by atoms with Crippen LogP contribution >= 0.6 is 23.2 Å². The van der Waals surface area contributed by atoms with Gasteiger partial charge in [0.1, 0.15) is 6.61 Å². The van der Waals surface area contributed by atoms with Crippen molar-refractivity contribution >= 4 is 28.9 Å². The molecule has 0 saturated carbocycles. The highest BCUT2D eigenvalue weighted by Crippen LogP contribution is 2.30. The lowest BCUT2D eigenvalue weighted by atomic mass is 10.2. The van der Waals surface area contributed by atoms with Gasteiger partial charge in [-0.2, -0.15) is 0 Å². The maximum Gasteiger partial charge on any atom is 0.161 e. The Hall–Kier alpha value is -2.36. The molecule has 0 aromatic heterocycles. The van der Waals surface area contributed by atoms with E-state index < -0.39 is 0 Å². The molecular formula is C22H21Cl2NO2. The Balaban J connectivity index is 1.67. The highest BCUT2D eigenvalue weighted by atomic mass is 35.5. The molecule has 0 radical (unpaired) electrons. The van der Waals surface area contributed by atoms with Crippen molar-refractivity contribution in [3.8, 4) is 11.5 Å². The Morgan fingerprint density at radius 3 is 2.33 bits per heavy atom. The second-order valence-electron chi connectivity index (χ2n) is 5.97. The summed E-state index contributed by atoms with van der Waals surface area (Å²) in [6.45, 7) is 3.67. The fourth-order valence-corrected chi connectivity index (χ4v) is 2.89. The predicted molar refractivity (Wildman–Crippen MR) is 112 cm³/mol. The summed E-state index contributed by atoms with van der Waals surface area (Å²) in [5, 5.41) is 4.41. The number of nitrogens with one attached hydrogen (secondary N) is 1. The molecule has 27 heavy (non-hydrogen) atoms. The Morgan fingerprint density at radius 2 is 1.59 bits per heavy atom. The van der Waals surface area contributed by atoms with Crippen LogP contribution in [0.3, 0.4) is 0 Å². The molecule has 3 aromatic carbocycles. The van der Waals surface area contributed by atoms with Gasteiger partial charge in [0.05, 0.1) is 16.7 Å². The Bertz CT molecular complexity index is 885. The molecule has 0 saturated heterocycles.